The predicted octanol–water partition coefficient (Wildman–Crippen LogP) is 1.39. The zero-order chi connectivity index (χ0) is 16.0. The van der Waals surface area contributed by atoms with Gasteiger partial charge in [0.15, 0.2) is 0 Å². The SMILES string of the molecule is COc1cc(CNC(=O)N[C@H](C(=O)O)C(C)(C)C)ccn1. The Bertz CT molecular complexity index is 511. The normalized spacial score (nSPS) is 12.4. The first kappa shape index (κ1) is 16.7. The molecule has 0 bridgehead atoms. The number of hydrogen-bond donors (Lipinski definition) is 3. The minimum atomic E-state index is -1.07. The monoisotopic (exact) mass is 295 g/mol. The molecule has 0 saturated heterocycles. The van der Waals surface area contributed by atoms with Gasteiger partial charge in [0.1, 0.15) is 6.04 Å². The molecule has 0 aromatic carbocycles. The van der Waals surface area contributed by atoms with E-state index in [1.807, 2.05) is 0 Å². The van der Waals surface area contributed by atoms with Crippen molar-refractivity contribution in [1.82, 2.24) is 15.6 Å². The highest BCUT2D eigenvalue weighted by atomic mass is 16.5. The Morgan fingerprint density at radius 2 is 2.10 bits per heavy atom. The molecule has 0 aliphatic rings. The Morgan fingerprint density at radius 3 is 2.62 bits per heavy atom. The lowest BCUT2D eigenvalue weighted by molar-refractivity contribution is -0.141. The minimum absolute atomic E-state index is 0.251. The molecule has 2 amide bonds. The Kier molecular flexibility index (Phi) is 5.52. The Labute approximate surface area is 123 Å². The molecule has 1 rings (SSSR count). The van der Waals surface area contributed by atoms with Gasteiger partial charge in [-0.25, -0.2) is 14.6 Å². The number of carbonyl (C=O) groups excluding carboxylic acids is 1. The van der Waals surface area contributed by atoms with Crippen molar-refractivity contribution in [2.45, 2.75) is 33.4 Å². The van der Waals surface area contributed by atoms with E-state index >= 15 is 0 Å². The second-order valence-corrected chi connectivity index (χ2v) is 5.67. The van der Waals surface area contributed by atoms with Gasteiger partial charge in [0.25, 0.3) is 0 Å². The van der Waals surface area contributed by atoms with Crippen LogP contribution in [-0.2, 0) is 11.3 Å². The molecule has 3 N–H and O–H groups in total. The Morgan fingerprint density at radius 1 is 1.43 bits per heavy atom. The van der Waals surface area contributed by atoms with Gasteiger partial charge >= 0.3 is 12.0 Å². The van der Waals surface area contributed by atoms with Gasteiger partial charge in [-0.05, 0) is 17.0 Å². The summed E-state index contributed by atoms with van der Waals surface area (Å²) in [7, 11) is 1.51. The first-order chi connectivity index (χ1) is 9.74. The highest BCUT2D eigenvalue weighted by Crippen LogP contribution is 2.19. The molecule has 0 spiro atoms. The number of hydrogen-bond acceptors (Lipinski definition) is 4. The van der Waals surface area contributed by atoms with Crippen molar-refractivity contribution in [3.05, 3.63) is 23.9 Å². The number of methoxy groups -OCH3 is 1. The van der Waals surface area contributed by atoms with Gasteiger partial charge in [0, 0.05) is 18.8 Å². The van der Waals surface area contributed by atoms with E-state index in [0.717, 1.165) is 5.56 Å². The molecule has 1 atom stereocenters. The average Bonchev–Trinajstić information content (AvgIpc) is 2.41. The lowest BCUT2D eigenvalue weighted by Crippen LogP contribution is -2.52. The summed E-state index contributed by atoms with van der Waals surface area (Å²) in [5.41, 5.74) is 0.225. The predicted molar refractivity (Wildman–Crippen MR) is 77.0 cm³/mol. The number of amides is 2. The molecule has 0 radical (unpaired) electrons. The number of pyridine rings is 1. The van der Waals surface area contributed by atoms with E-state index in [4.69, 9.17) is 9.84 Å². The van der Waals surface area contributed by atoms with E-state index in [2.05, 4.69) is 15.6 Å². The third kappa shape index (κ3) is 5.29. The molecule has 1 aromatic heterocycles. The summed E-state index contributed by atoms with van der Waals surface area (Å²) in [4.78, 5) is 26.9. The van der Waals surface area contributed by atoms with Crippen LogP contribution in [0.5, 0.6) is 5.88 Å². The third-order valence-electron chi connectivity index (χ3n) is 2.85. The molecule has 1 aromatic rings. The molecule has 21 heavy (non-hydrogen) atoms. The Hall–Kier alpha value is -2.31. The van der Waals surface area contributed by atoms with Crippen LogP contribution in [0.1, 0.15) is 26.3 Å². The number of aliphatic carboxylic acids is 1. The summed E-state index contributed by atoms with van der Waals surface area (Å²) in [6.45, 7) is 5.50. The summed E-state index contributed by atoms with van der Waals surface area (Å²) in [6.07, 6.45) is 1.57. The van der Waals surface area contributed by atoms with Gasteiger partial charge < -0.3 is 20.5 Å². The summed E-state index contributed by atoms with van der Waals surface area (Å²) in [5, 5.41) is 14.2. The summed E-state index contributed by atoms with van der Waals surface area (Å²) in [5.74, 6) is -0.615. The zero-order valence-electron chi connectivity index (χ0n) is 12.6. The molecule has 0 fully saturated rings. The average molecular weight is 295 g/mol. The number of rotatable bonds is 5. The molecule has 0 aliphatic heterocycles. The fourth-order valence-corrected chi connectivity index (χ4v) is 1.69. The van der Waals surface area contributed by atoms with Gasteiger partial charge in [-0.15, -0.1) is 0 Å². The Balaban J connectivity index is 2.59. The molecule has 1 heterocycles. The molecule has 0 aliphatic carbocycles. The minimum Gasteiger partial charge on any atom is -0.481 e. The first-order valence-corrected chi connectivity index (χ1v) is 6.50. The molecule has 116 valence electrons. The van der Waals surface area contributed by atoms with Crippen LogP contribution >= 0.6 is 0 Å². The number of urea groups is 1. The zero-order valence-corrected chi connectivity index (χ0v) is 12.6. The summed E-state index contributed by atoms with van der Waals surface area (Å²) in [6, 6.07) is 1.93. The van der Waals surface area contributed by atoms with Crippen LogP contribution in [-0.4, -0.2) is 35.2 Å². The van der Waals surface area contributed by atoms with Crippen LogP contribution in [0.2, 0.25) is 0 Å². The number of nitrogens with one attached hydrogen (secondary N) is 2. The third-order valence-corrected chi connectivity index (χ3v) is 2.85. The van der Waals surface area contributed by atoms with Crippen molar-refractivity contribution in [3.63, 3.8) is 0 Å². The lowest BCUT2D eigenvalue weighted by atomic mass is 9.87. The largest absolute Gasteiger partial charge is 0.481 e. The second-order valence-electron chi connectivity index (χ2n) is 5.67. The number of ether oxygens (including phenoxy) is 1. The van der Waals surface area contributed by atoms with Gasteiger partial charge in [0.05, 0.1) is 7.11 Å². The van der Waals surface area contributed by atoms with Crippen LogP contribution in [0.3, 0.4) is 0 Å². The van der Waals surface area contributed by atoms with E-state index in [1.54, 1.807) is 39.1 Å². The van der Waals surface area contributed by atoms with Gasteiger partial charge in [-0.2, -0.15) is 0 Å². The van der Waals surface area contributed by atoms with Crippen LogP contribution in [0, 0.1) is 5.41 Å². The molecule has 7 nitrogen and oxygen atoms in total. The summed E-state index contributed by atoms with van der Waals surface area (Å²) >= 11 is 0. The molecule has 7 heteroatoms. The van der Waals surface area contributed by atoms with Gasteiger partial charge in [0.2, 0.25) is 5.88 Å². The number of carbonyl (C=O) groups is 2. The lowest BCUT2D eigenvalue weighted by Gasteiger charge is -2.27. The van der Waals surface area contributed by atoms with E-state index in [0.29, 0.717) is 5.88 Å². The topological polar surface area (TPSA) is 101 Å². The van der Waals surface area contributed by atoms with Crippen molar-refractivity contribution in [2.75, 3.05) is 7.11 Å². The van der Waals surface area contributed by atoms with Crippen molar-refractivity contribution in [1.29, 1.82) is 0 Å². The van der Waals surface area contributed by atoms with Crippen molar-refractivity contribution in [2.24, 2.45) is 5.41 Å². The highest BCUT2D eigenvalue weighted by Gasteiger charge is 2.32. The van der Waals surface area contributed by atoms with Crippen LogP contribution in [0.4, 0.5) is 4.79 Å². The molecule has 0 unspecified atom stereocenters. The maximum atomic E-state index is 11.8. The summed E-state index contributed by atoms with van der Waals surface area (Å²) < 4.78 is 4.99. The van der Waals surface area contributed by atoms with E-state index in [9.17, 15) is 9.59 Å². The fourth-order valence-electron chi connectivity index (χ4n) is 1.69. The molecular weight excluding hydrogens is 274 g/mol. The smallest absolute Gasteiger partial charge is 0.326 e. The molecule has 0 saturated carbocycles. The van der Waals surface area contributed by atoms with Crippen molar-refractivity contribution >= 4 is 12.0 Å². The van der Waals surface area contributed by atoms with Crippen LogP contribution in [0.25, 0.3) is 0 Å². The van der Waals surface area contributed by atoms with Crippen LogP contribution < -0.4 is 15.4 Å². The quantitative estimate of drug-likeness (QED) is 0.762. The first-order valence-electron chi connectivity index (χ1n) is 6.50. The maximum Gasteiger partial charge on any atom is 0.326 e. The number of carboxylic acids is 1. The van der Waals surface area contributed by atoms with Crippen molar-refractivity contribution in [3.8, 4) is 5.88 Å². The number of carboxylic acid groups (broad SMARTS) is 1. The van der Waals surface area contributed by atoms with E-state index in [-0.39, 0.29) is 6.54 Å². The van der Waals surface area contributed by atoms with E-state index in [1.165, 1.54) is 7.11 Å². The number of nitrogens with zero attached hydrogens (tertiary/aromatic N) is 1. The number of aromatic nitrogens is 1. The van der Waals surface area contributed by atoms with Crippen LogP contribution in [0.15, 0.2) is 18.3 Å². The highest BCUT2D eigenvalue weighted by molar-refractivity contribution is 5.83. The maximum absolute atomic E-state index is 11.8. The van der Waals surface area contributed by atoms with Crippen molar-refractivity contribution < 1.29 is 19.4 Å². The standard InChI is InChI=1S/C14H21N3O4/c1-14(2,3)11(12(18)19)17-13(20)16-8-9-5-6-15-10(7-9)21-4/h5-7,11H,8H2,1-4H3,(H,18,19)(H2,16,17,20)/t11-/m1/s1. The fraction of sp³-hybridized carbons (Fsp3) is 0.500. The molecular formula is C14H21N3O4. The van der Waals surface area contributed by atoms with Gasteiger partial charge in [-0.1, -0.05) is 20.8 Å². The second kappa shape index (κ2) is 6.92. The van der Waals surface area contributed by atoms with E-state index < -0.39 is 23.5 Å². The van der Waals surface area contributed by atoms with Gasteiger partial charge in [-0.3, -0.25) is 0 Å².